The van der Waals surface area contributed by atoms with Gasteiger partial charge in [0.1, 0.15) is 11.5 Å². The van der Waals surface area contributed by atoms with Crippen LogP contribution in [0.1, 0.15) is 16.1 Å². The molecule has 0 bridgehead atoms. The lowest BCUT2D eigenvalue weighted by Gasteiger charge is -2.16. The van der Waals surface area contributed by atoms with Gasteiger partial charge in [-0.2, -0.15) is 0 Å². The van der Waals surface area contributed by atoms with Gasteiger partial charge in [0.2, 0.25) is 0 Å². The van der Waals surface area contributed by atoms with Crippen molar-refractivity contribution in [2.24, 2.45) is 0 Å². The molecule has 1 aliphatic heterocycles. The second kappa shape index (κ2) is 6.12. The number of nitrogens with one attached hydrogen (secondary N) is 1. The number of rotatable bonds is 3. The molecule has 3 aromatic rings. The Bertz CT molecular complexity index is 862. The standard InChI is InChI=1S/C19H16N4O/c24-19(23-11-10-14-6-4-5-9-17(14)23)16-12-21-18(13-20-16)22-15-7-2-1-3-8-15/h1-9,12-13H,10-11H2,(H,21,22). The van der Waals surface area contributed by atoms with E-state index in [1.807, 2.05) is 48.5 Å². The number of benzene rings is 2. The Kier molecular flexibility index (Phi) is 3.67. The molecule has 0 saturated heterocycles. The summed E-state index contributed by atoms with van der Waals surface area (Å²) in [6.07, 6.45) is 3.99. The van der Waals surface area contributed by atoms with E-state index in [-0.39, 0.29) is 5.91 Å². The Hall–Kier alpha value is -3.21. The summed E-state index contributed by atoms with van der Waals surface area (Å²) in [4.78, 5) is 23.0. The number of carbonyl (C=O) groups is 1. The zero-order valence-electron chi connectivity index (χ0n) is 13.0. The third kappa shape index (κ3) is 2.72. The Morgan fingerprint density at radius 3 is 2.54 bits per heavy atom. The molecule has 0 spiro atoms. The summed E-state index contributed by atoms with van der Waals surface area (Å²) in [5.74, 6) is 0.498. The molecule has 1 N–H and O–H groups in total. The van der Waals surface area contributed by atoms with Crippen LogP contribution in [0.3, 0.4) is 0 Å². The van der Waals surface area contributed by atoms with E-state index in [2.05, 4.69) is 21.4 Å². The molecule has 5 heteroatoms. The zero-order chi connectivity index (χ0) is 16.4. The van der Waals surface area contributed by atoms with Crippen LogP contribution in [0, 0.1) is 0 Å². The van der Waals surface area contributed by atoms with Gasteiger partial charge in [0.15, 0.2) is 0 Å². The smallest absolute Gasteiger partial charge is 0.278 e. The van der Waals surface area contributed by atoms with Gasteiger partial charge in [-0.05, 0) is 30.2 Å². The van der Waals surface area contributed by atoms with Crippen molar-refractivity contribution in [3.63, 3.8) is 0 Å². The minimum atomic E-state index is -0.112. The van der Waals surface area contributed by atoms with Crippen molar-refractivity contribution >= 4 is 23.1 Å². The topological polar surface area (TPSA) is 58.1 Å². The van der Waals surface area contributed by atoms with Gasteiger partial charge in [-0.3, -0.25) is 4.79 Å². The first-order valence-electron chi connectivity index (χ1n) is 7.85. The number of anilines is 3. The average Bonchev–Trinajstić information content (AvgIpc) is 3.07. The maximum atomic E-state index is 12.7. The van der Waals surface area contributed by atoms with E-state index in [0.29, 0.717) is 18.1 Å². The number of amides is 1. The van der Waals surface area contributed by atoms with Crippen molar-refractivity contribution in [1.82, 2.24) is 9.97 Å². The number of para-hydroxylation sites is 2. The van der Waals surface area contributed by atoms with Crippen molar-refractivity contribution in [2.45, 2.75) is 6.42 Å². The first-order valence-corrected chi connectivity index (χ1v) is 7.85. The van der Waals surface area contributed by atoms with Crippen LogP contribution in [-0.2, 0) is 6.42 Å². The zero-order valence-corrected chi connectivity index (χ0v) is 13.0. The summed E-state index contributed by atoms with van der Waals surface area (Å²) in [6.45, 7) is 0.684. The van der Waals surface area contributed by atoms with Gasteiger partial charge in [0, 0.05) is 17.9 Å². The molecule has 0 atom stereocenters. The van der Waals surface area contributed by atoms with Gasteiger partial charge in [0.25, 0.3) is 5.91 Å². The van der Waals surface area contributed by atoms with Gasteiger partial charge in [-0.1, -0.05) is 36.4 Å². The van der Waals surface area contributed by atoms with Gasteiger partial charge in [-0.15, -0.1) is 0 Å². The summed E-state index contributed by atoms with van der Waals surface area (Å²) in [5.41, 5.74) is 3.45. The molecular weight excluding hydrogens is 300 g/mol. The fourth-order valence-electron chi connectivity index (χ4n) is 2.86. The van der Waals surface area contributed by atoms with Crippen LogP contribution in [0.2, 0.25) is 0 Å². The summed E-state index contributed by atoms with van der Waals surface area (Å²) in [7, 11) is 0. The summed E-state index contributed by atoms with van der Waals surface area (Å²) >= 11 is 0. The summed E-state index contributed by atoms with van der Waals surface area (Å²) in [6, 6.07) is 17.7. The highest BCUT2D eigenvalue weighted by molar-refractivity contribution is 6.05. The Balaban J connectivity index is 1.52. The normalized spacial score (nSPS) is 12.8. The number of hydrogen-bond acceptors (Lipinski definition) is 4. The highest BCUT2D eigenvalue weighted by atomic mass is 16.2. The van der Waals surface area contributed by atoms with E-state index in [9.17, 15) is 4.79 Å². The Morgan fingerprint density at radius 2 is 1.75 bits per heavy atom. The van der Waals surface area contributed by atoms with E-state index in [4.69, 9.17) is 0 Å². The molecule has 2 heterocycles. The first-order chi connectivity index (χ1) is 11.8. The molecule has 0 unspecified atom stereocenters. The first kappa shape index (κ1) is 14.4. The van der Waals surface area contributed by atoms with Crippen LogP contribution < -0.4 is 10.2 Å². The van der Waals surface area contributed by atoms with E-state index in [1.54, 1.807) is 11.1 Å². The fourth-order valence-corrected chi connectivity index (χ4v) is 2.86. The van der Waals surface area contributed by atoms with E-state index >= 15 is 0 Å². The summed E-state index contributed by atoms with van der Waals surface area (Å²) < 4.78 is 0. The van der Waals surface area contributed by atoms with Crippen LogP contribution in [-0.4, -0.2) is 22.4 Å². The number of aromatic nitrogens is 2. The number of nitrogens with zero attached hydrogens (tertiary/aromatic N) is 3. The molecule has 4 rings (SSSR count). The largest absolute Gasteiger partial charge is 0.339 e. The molecule has 1 aromatic heterocycles. The lowest BCUT2D eigenvalue weighted by molar-refractivity contribution is 0.0984. The van der Waals surface area contributed by atoms with Crippen molar-refractivity contribution in [3.8, 4) is 0 Å². The molecule has 0 radical (unpaired) electrons. The highest BCUT2D eigenvalue weighted by Gasteiger charge is 2.26. The van der Waals surface area contributed by atoms with Gasteiger partial charge in [0.05, 0.1) is 12.4 Å². The van der Waals surface area contributed by atoms with Crippen LogP contribution in [0.25, 0.3) is 0 Å². The SMILES string of the molecule is O=C(c1cnc(Nc2ccccc2)cn1)N1CCc2ccccc21. The molecule has 0 fully saturated rings. The van der Waals surface area contributed by atoms with E-state index < -0.39 is 0 Å². The van der Waals surface area contributed by atoms with Crippen LogP contribution in [0.5, 0.6) is 0 Å². The van der Waals surface area contributed by atoms with Crippen molar-refractivity contribution in [2.75, 3.05) is 16.8 Å². The van der Waals surface area contributed by atoms with Gasteiger partial charge >= 0.3 is 0 Å². The van der Waals surface area contributed by atoms with Gasteiger partial charge < -0.3 is 10.2 Å². The third-order valence-corrected chi connectivity index (χ3v) is 4.05. The number of carbonyl (C=O) groups excluding carboxylic acids is 1. The van der Waals surface area contributed by atoms with Crippen LogP contribution >= 0.6 is 0 Å². The van der Waals surface area contributed by atoms with Crippen molar-refractivity contribution in [1.29, 1.82) is 0 Å². The molecule has 0 aliphatic carbocycles. The molecule has 118 valence electrons. The lowest BCUT2D eigenvalue weighted by Crippen LogP contribution is -2.29. The molecule has 24 heavy (non-hydrogen) atoms. The maximum Gasteiger partial charge on any atom is 0.278 e. The molecule has 5 nitrogen and oxygen atoms in total. The van der Waals surface area contributed by atoms with E-state index in [1.165, 1.54) is 11.8 Å². The lowest BCUT2D eigenvalue weighted by atomic mass is 10.2. The predicted molar refractivity (Wildman–Crippen MR) is 93.6 cm³/mol. The molecular formula is C19H16N4O. The second-order valence-electron chi connectivity index (χ2n) is 5.61. The maximum absolute atomic E-state index is 12.7. The highest BCUT2D eigenvalue weighted by Crippen LogP contribution is 2.28. The van der Waals surface area contributed by atoms with Crippen molar-refractivity contribution in [3.05, 3.63) is 78.2 Å². The average molecular weight is 316 g/mol. The number of fused-ring (bicyclic) bond motifs is 1. The monoisotopic (exact) mass is 316 g/mol. The van der Waals surface area contributed by atoms with Crippen molar-refractivity contribution < 1.29 is 4.79 Å². The molecule has 2 aromatic carbocycles. The number of hydrogen-bond donors (Lipinski definition) is 1. The Morgan fingerprint density at radius 1 is 0.958 bits per heavy atom. The third-order valence-electron chi connectivity index (χ3n) is 4.05. The fraction of sp³-hybridized carbons (Fsp3) is 0.105. The van der Waals surface area contributed by atoms with E-state index in [0.717, 1.165) is 17.8 Å². The summed E-state index contributed by atoms with van der Waals surface area (Å²) in [5, 5.41) is 3.16. The minimum Gasteiger partial charge on any atom is -0.339 e. The predicted octanol–water partition coefficient (Wildman–Crippen LogP) is 3.42. The molecule has 1 amide bonds. The van der Waals surface area contributed by atoms with Crippen LogP contribution in [0.4, 0.5) is 17.2 Å². The van der Waals surface area contributed by atoms with Crippen LogP contribution in [0.15, 0.2) is 67.0 Å². The molecule has 1 aliphatic rings. The molecule has 0 saturated carbocycles. The second-order valence-corrected chi connectivity index (χ2v) is 5.61. The quantitative estimate of drug-likeness (QED) is 0.804. The Labute approximate surface area is 140 Å². The minimum absolute atomic E-state index is 0.112. The van der Waals surface area contributed by atoms with Gasteiger partial charge in [-0.25, -0.2) is 9.97 Å².